The van der Waals surface area contributed by atoms with Crippen LogP contribution in [-0.4, -0.2) is 38.8 Å². The van der Waals surface area contributed by atoms with Crippen LogP contribution < -0.4 is 0 Å². The summed E-state index contributed by atoms with van der Waals surface area (Å²) in [6, 6.07) is 10.2. The summed E-state index contributed by atoms with van der Waals surface area (Å²) in [4.78, 5) is 25.5. The first-order valence-corrected chi connectivity index (χ1v) is 9.54. The van der Waals surface area contributed by atoms with Gasteiger partial charge in [0.05, 0.1) is 5.56 Å². The van der Waals surface area contributed by atoms with E-state index in [2.05, 4.69) is 27.1 Å². The van der Waals surface area contributed by atoms with Crippen LogP contribution in [-0.2, 0) is 0 Å². The summed E-state index contributed by atoms with van der Waals surface area (Å²) in [7, 11) is 0. The summed E-state index contributed by atoms with van der Waals surface area (Å²) >= 11 is 0. The number of nitrogens with zero attached hydrogens (tertiary/aromatic N) is 2. The van der Waals surface area contributed by atoms with Crippen molar-refractivity contribution in [1.29, 1.82) is 0 Å². The molecule has 4 aromatic rings. The van der Waals surface area contributed by atoms with Crippen LogP contribution in [0.5, 0.6) is 0 Å². The summed E-state index contributed by atoms with van der Waals surface area (Å²) in [5.41, 5.74) is 5.45. The molecule has 0 spiro atoms. The zero-order valence-corrected chi connectivity index (χ0v) is 15.7. The van der Waals surface area contributed by atoms with E-state index < -0.39 is 0 Å². The van der Waals surface area contributed by atoms with Crippen molar-refractivity contribution in [3.8, 4) is 11.1 Å². The first-order valence-electron chi connectivity index (χ1n) is 9.54. The predicted octanol–water partition coefficient (Wildman–Crippen LogP) is 4.63. The fraction of sp³-hybridized carbons (Fsp3) is 0.130. The minimum Gasteiger partial charge on any atom is -0.366 e. The van der Waals surface area contributed by atoms with Crippen LogP contribution in [0.4, 0.5) is 4.39 Å². The lowest BCUT2D eigenvalue weighted by molar-refractivity contribution is 0.0774. The molecule has 1 aliphatic heterocycles. The molecule has 3 aromatic heterocycles. The number of aromatic nitrogens is 3. The van der Waals surface area contributed by atoms with Gasteiger partial charge in [-0.05, 0) is 41.8 Å². The van der Waals surface area contributed by atoms with Gasteiger partial charge in [0.25, 0.3) is 5.91 Å². The molecule has 0 aliphatic carbocycles. The van der Waals surface area contributed by atoms with Gasteiger partial charge in [-0.3, -0.25) is 4.79 Å². The van der Waals surface area contributed by atoms with Crippen molar-refractivity contribution >= 4 is 22.5 Å². The molecule has 0 saturated carbocycles. The summed E-state index contributed by atoms with van der Waals surface area (Å²) in [5, 5.41) is 1.10. The second-order valence-electron chi connectivity index (χ2n) is 7.12. The van der Waals surface area contributed by atoms with Gasteiger partial charge in [-0.1, -0.05) is 18.2 Å². The minimum atomic E-state index is -0.293. The predicted molar refractivity (Wildman–Crippen MR) is 111 cm³/mol. The molecular weight excluding hydrogens is 367 g/mol. The number of H-pyrrole nitrogens is 2. The Morgan fingerprint density at radius 3 is 2.72 bits per heavy atom. The Hall–Kier alpha value is -3.67. The molecule has 0 atom stereocenters. The highest BCUT2D eigenvalue weighted by Gasteiger charge is 2.23. The van der Waals surface area contributed by atoms with Crippen molar-refractivity contribution in [2.75, 3.05) is 13.1 Å². The van der Waals surface area contributed by atoms with Gasteiger partial charge in [-0.2, -0.15) is 0 Å². The lowest BCUT2D eigenvalue weighted by atomic mass is 9.98. The molecule has 4 heterocycles. The number of halogens is 1. The molecule has 144 valence electrons. The van der Waals surface area contributed by atoms with E-state index in [0.29, 0.717) is 18.7 Å². The van der Waals surface area contributed by atoms with Crippen LogP contribution >= 0.6 is 0 Å². The Morgan fingerprint density at radius 2 is 1.93 bits per heavy atom. The number of pyridine rings is 1. The quantitative estimate of drug-likeness (QED) is 0.539. The molecule has 6 heteroatoms. The Labute approximate surface area is 166 Å². The number of nitrogens with one attached hydrogen (secondary N) is 2. The highest BCUT2D eigenvalue weighted by Crippen LogP contribution is 2.30. The number of amides is 1. The molecule has 1 amide bonds. The van der Waals surface area contributed by atoms with Crippen LogP contribution in [0, 0.1) is 5.82 Å². The highest BCUT2D eigenvalue weighted by atomic mass is 19.1. The van der Waals surface area contributed by atoms with Crippen LogP contribution in [0.2, 0.25) is 0 Å². The highest BCUT2D eigenvalue weighted by molar-refractivity contribution is 6.01. The molecule has 0 fully saturated rings. The van der Waals surface area contributed by atoms with E-state index in [-0.39, 0.29) is 11.7 Å². The fourth-order valence-corrected chi connectivity index (χ4v) is 3.90. The molecule has 0 radical (unpaired) electrons. The topological polar surface area (TPSA) is 64.8 Å². The monoisotopic (exact) mass is 386 g/mol. The Balaban J connectivity index is 1.38. The SMILES string of the molecule is O=C(c1c[nH]cc1-c1ccc(F)cc1)N1CC=C(c2c[nH]c3ncccc23)CC1. The van der Waals surface area contributed by atoms with Gasteiger partial charge in [0.1, 0.15) is 11.5 Å². The van der Waals surface area contributed by atoms with Gasteiger partial charge in [0.2, 0.25) is 0 Å². The molecule has 0 saturated heterocycles. The van der Waals surface area contributed by atoms with Gasteiger partial charge < -0.3 is 14.9 Å². The average Bonchev–Trinajstić information content (AvgIpc) is 3.41. The van der Waals surface area contributed by atoms with Gasteiger partial charge in [-0.15, -0.1) is 0 Å². The summed E-state index contributed by atoms with van der Waals surface area (Å²) in [6.45, 7) is 1.20. The average molecular weight is 386 g/mol. The number of benzene rings is 1. The molecule has 5 rings (SSSR count). The Kier molecular flexibility index (Phi) is 4.24. The first kappa shape index (κ1) is 17.4. The third-order valence-electron chi connectivity index (χ3n) is 5.42. The number of hydrogen-bond acceptors (Lipinski definition) is 2. The van der Waals surface area contributed by atoms with Crippen molar-refractivity contribution in [1.82, 2.24) is 19.9 Å². The van der Waals surface area contributed by atoms with Crippen LogP contribution in [0.15, 0.2) is 67.3 Å². The number of fused-ring (bicyclic) bond motifs is 1. The second-order valence-corrected chi connectivity index (χ2v) is 7.12. The number of carbonyl (C=O) groups excluding carboxylic acids is 1. The van der Waals surface area contributed by atoms with Crippen LogP contribution in [0.3, 0.4) is 0 Å². The van der Waals surface area contributed by atoms with E-state index in [1.165, 1.54) is 17.7 Å². The maximum absolute atomic E-state index is 13.2. The van der Waals surface area contributed by atoms with Crippen LogP contribution in [0.25, 0.3) is 27.7 Å². The smallest absolute Gasteiger partial charge is 0.256 e. The van der Waals surface area contributed by atoms with E-state index >= 15 is 0 Å². The van der Waals surface area contributed by atoms with Crippen molar-refractivity contribution in [2.45, 2.75) is 6.42 Å². The number of rotatable bonds is 3. The van der Waals surface area contributed by atoms with E-state index in [1.807, 2.05) is 17.2 Å². The third kappa shape index (κ3) is 3.12. The van der Waals surface area contributed by atoms with Gasteiger partial charge in [-0.25, -0.2) is 9.37 Å². The van der Waals surface area contributed by atoms with Crippen LogP contribution in [0.1, 0.15) is 22.3 Å². The molecule has 0 unspecified atom stereocenters. The maximum atomic E-state index is 13.2. The third-order valence-corrected chi connectivity index (χ3v) is 5.42. The summed E-state index contributed by atoms with van der Waals surface area (Å²) in [6.07, 6.45) is 10.1. The zero-order valence-electron chi connectivity index (χ0n) is 15.7. The van der Waals surface area contributed by atoms with Gasteiger partial charge in [0, 0.05) is 54.4 Å². The molecule has 2 N–H and O–H groups in total. The Bertz CT molecular complexity index is 1220. The number of carbonyl (C=O) groups is 1. The van der Waals surface area contributed by atoms with E-state index in [1.54, 1.807) is 30.7 Å². The van der Waals surface area contributed by atoms with Crippen molar-refractivity contribution in [3.05, 3.63) is 84.2 Å². The van der Waals surface area contributed by atoms with Gasteiger partial charge in [0.15, 0.2) is 0 Å². The molecular formula is C23H19FN4O. The number of aromatic amines is 2. The summed E-state index contributed by atoms with van der Waals surface area (Å²) < 4.78 is 13.2. The molecule has 0 bridgehead atoms. The Morgan fingerprint density at radius 1 is 1.07 bits per heavy atom. The minimum absolute atomic E-state index is 0.0264. The molecule has 5 nitrogen and oxygen atoms in total. The number of hydrogen-bond donors (Lipinski definition) is 2. The standard InChI is InChI=1S/C23H19FN4O/c24-17-5-3-15(4-6-17)19-12-25-13-21(19)23(29)28-10-7-16(8-11-28)20-14-27-22-18(20)2-1-9-26-22/h1-7,9,12-14,25H,8,10-11H2,(H,26,27). The van der Waals surface area contributed by atoms with Crippen molar-refractivity contribution in [3.63, 3.8) is 0 Å². The first-order chi connectivity index (χ1) is 14.2. The maximum Gasteiger partial charge on any atom is 0.256 e. The lowest BCUT2D eigenvalue weighted by Gasteiger charge is -2.26. The van der Waals surface area contributed by atoms with Crippen molar-refractivity contribution < 1.29 is 9.18 Å². The van der Waals surface area contributed by atoms with E-state index in [0.717, 1.165) is 34.1 Å². The van der Waals surface area contributed by atoms with E-state index in [4.69, 9.17) is 0 Å². The molecule has 29 heavy (non-hydrogen) atoms. The fourth-order valence-electron chi connectivity index (χ4n) is 3.90. The summed E-state index contributed by atoms with van der Waals surface area (Å²) in [5.74, 6) is -0.320. The van der Waals surface area contributed by atoms with Crippen molar-refractivity contribution in [2.24, 2.45) is 0 Å². The van der Waals surface area contributed by atoms with E-state index in [9.17, 15) is 9.18 Å². The molecule has 1 aliphatic rings. The largest absolute Gasteiger partial charge is 0.366 e. The lowest BCUT2D eigenvalue weighted by Crippen LogP contribution is -2.34. The van der Waals surface area contributed by atoms with Gasteiger partial charge >= 0.3 is 0 Å². The normalized spacial score (nSPS) is 14.2. The molecule has 1 aromatic carbocycles. The zero-order chi connectivity index (χ0) is 19.8. The second kappa shape index (κ2) is 7.05.